The Balaban J connectivity index is 1.94. The number of nitrogens with one attached hydrogen (secondary N) is 1. The number of nitrogens with zero attached hydrogens (tertiary/aromatic N) is 2. The lowest BCUT2D eigenvalue weighted by molar-refractivity contribution is 0.0943. The molecule has 1 amide bonds. The molecule has 0 aromatic carbocycles. The van der Waals surface area contributed by atoms with E-state index in [9.17, 15) is 4.79 Å². The van der Waals surface area contributed by atoms with Gasteiger partial charge in [-0.2, -0.15) is 0 Å². The van der Waals surface area contributed by atoms with Crippen LogP contribution >= 0.6 is 11.3 Å². The summed E-state index contributed by atoms with van der Waals surface area (Å²) in [5, 5.41) is 13.3. The predicted octanol–water partition coefficient (Wildman–Crippen LogP) is 0.755. The lowest BCUT2D eigenvalue weighted by Gasteiger charge is -2.03. The molecule has 0 radical (unpaired) electrons. The summed E-state index contributed by atoms with van der Waals surface area (Å²) in [6.45, 7) is 0.303. The summed E-state index contributed by atoms with van der Waals surface area (Å²) < 4.78 is 1.67. The SMILES string of the molecule is Cn1cncc1C(=O)NCc1cc(C#CCO)cs1. The van der Waals surface area contributed by atoms with Gasteiger partial charge in [-0.1, -0.05) is 11.8 Å². The molecule has 0 saturated carbocycles. The Morgan fingerprint density at radius 2 is 2.47 bits per heavy atom. The highest BCUT2D eigenvalue weighted by molar-refractivity contribution is 7.10. The van der Waals surface area contributed by atoms with Crippen molar-refractivity contribution in [1.82, 2.24) is 14.9 Å². The number of hydrogen-bond donors (Lipinski definition) is 2. The molecule has 0 atom stereocenters. The quantitative estimate of drug-likeness (QED) is 0.813. The zero-order chi connectivity index (χ0) is 13.7. The molecule has 0 saturated heterocycles. The maximum atomic E-state index is 11.9. The number of aryl methyl sites for hydroxylation is 1. The molecule has 2 heterocycles. The molecular formula is C13H13N3O2S. The Kier molecular flexibility index (Phi) is 4.34. The number of aliphatic hydroxyl groups excluding tert-OH is 1. The van der Waals surface area contributed by atoms with Gasteiger partial charge in [-0.3, -0.25) is 4.79 Å². The van der Waals surface area contributed by atoms with Gasteiger partial charge in [0, 0.05) is 22.9 Å². The number of imidazole rings is 1. The van der Waals surface area contributed by atoms with Crippen LogP contribution in [0.15, 0.2) is 24.0 Å². The van der Waals surface area contributed by atoms with Gasteiger partial charge in [0.1, 0.15) is 12.3 Å². The molecule has 2 rings (SSSR count). The smallest absolute Gasteiger partial charge is 0.269 e. The third-order valence-corrected chi connectivity index (χ3v) is 3.37. The van der Waals surface area contributed by atoms with Gasteiger partial charge >= 0.3 is 0 Å². The van der Waals surface area contributed by atoms with E-state index in [1.54, 1.807) is 17.9 Å². The third-order valence-electron chi connectivity index (χ3n) is 2.44. The van der Waals surface area contributed by atoms with Crippen LogP contribution in [0.25, 0.3) is 0 Å². The Labute approximate surface area is 114 Å². The van der Waals surface area contributed by atoms with Crippen molar-refractivity contribution in [2.75, 3.05) is 6.61 Å². The summed E-state index contributed by atoms with van der Waals surface area (Å²) >= 11 is 1.52. The van der Waals surface area contributed by atoms with Crippen LogP contribution < -0.4 is 5.32 Å². The molecule has 0 aliphatic carbocycles. The summed E-state index contributed by atoms with van der Waals surface area (Å²) in [6, 6.07) is 1.90. The Bertz CT molecular complexity index is 634. The van der Waals surface area contributed by atoms with Gasteiger partial charge in [-0.25, -0.2) is 4.98 Å². The van der Waals surface area contributed by atoms with E-state index < -0.39 is 0 Å². The first kappa shape index (κ1) is 13.3. The van der Waals surface area contributed by atoms with Crippen molar-refractivity contribution in [2.24, 2.45) is 7.05 Å². The van der Waals surface area contributed by atoms with Crippen LogP contribution in [-0.4, -0.2) is 27.2 Å². The van der Waals surface area contributed by atoms with Gasteiger partial charge in [0.05, 0.1) is 19.1 Å². The minimum atomic E-state index is -0.156. The standard InChI is InChI=1S/C13H13N3O2S/c1-16-9-14-7-12(16)13(18)15-6-11-5-10(8-19-11)3-2-4-17/h5,7-9,17H,4,6H2,1H3,(H,15,18). The minimum Gasteiger partial charge on any atom is -0.384 e. The topological polar surface area (TPSA) is 67.2 Å². The van der Waals surface area contributed by atoms with Gasteiger partial charge in [0.2, 0.25) is 0 Å². The largest absolute Gasteiger partial charge is 0.384 e. The van der Waals surface area contributed by atoms with Crippen LogP contribution in [0.5, 0.6) is 0 Å². The normalized spacial score (nSPS) is 9.79. The average molecular weight is 275 g/mol. The monoisotopic (exact) mass is 275 g/mol. The molecule has 6 heteroatoms. The van der Waals surface area contributed by atoms with Crippen molar-refractivity contribution in [1.29, 1.82) is 0 Å². The summed E-state index contributed by atoms with van der Waals surface area (Å²) in [5.74, 6) is 5.25. The number of rotatable bonds is 3. The van der Waals surface area contributed by atoms with Crippen LogP contribution in [-0.2, 0) is 13.6 Å². The van der Waals surface area contributed by atoms with Crippen molar-refractivity contribution in [3.8, 4) is 11.8 Å². The minimum absolute atomic E-state index is 0.150. The van der Waals surface area contributed by atoms with E-state index in [-0.39, 0.29) is 12.5 Å². The Morgan fingerprint density at radius 1 is 1.63 bits per heavy atom. The van der Waals surface area contributed by atoms with E-state index in [1.165, 1.54) is 17.5 Å². The summed E-state index contributed by atoms with van der Waals surface area (Å²) in [6.07, 6.45) is 3.12. The van der Waals surface area contributed by atoms with E-state index in [1.807, 2.05) is 11.4 Å². The maximum Gasteiger partial charge on any atom is 0.269 e. The number of amides is 1. The molecule has 2 N–H and O–H groups in total. The maximum absolute atomic E-state index is 11.9. The molecule has 19 heavy (non-hydrogen) atoms. The molecule has 2 aromatic rings. The van der Waals surface area contributed by atoms with Crippen LogP contribution in [0, 0.1) is 11.8 Å². The average Bonchev–Trinajstić information content (AvgIpc) is 3.02. The Morgan fingerprint density at radius 3 is 3.16 bits per heavy atom. The molecule has 0 aliphatic rings. The molecule has 2 aromatic heterocycles. The second kappa shape index (κ2) is 6.18. The highest BCUT2D eigenvalue weighted by atomic mass is 32.1. The molecule has 0 unspecified atom stereocenters. The fraction of sp³-hybridized carbons (Fsp3) is 0.231. The Hall–Kier alpha value is -2.10. The second-order valence-corrected chi connectivity index (χ2v) is 4.83. The molecule has 0 fully saturated rings. The van der Waals surface area contributed by atoms with Crippen LogP contribution in [0.2, 0.25) is 0 Å². The van der Waals surface area contributed by atoms with Crippen molar-refractivity contribution < 1.29 is 9.90 Å². The second-order valence-electron chi connectivity index (χ2n) is 3.83. The number of aliphatic hydroxyl groups is 1. The molecular weight excluding hydrogens is 262 g/mol. The van der Waals surface area contributed by atoms with Crippen LogP contribution in [0.4, 0.5) is 0 Å². The number of thiophene rings is 1. The summed E-state index contributed by atoms with van der Waals surface area (Å²) in [7, 11) is 1.77. The van der Waals surface area contributed by atoms with E-state index in [4.69, 9.17) is 5.11 Å². The molecule has 0 bridgehead atoms. The van der Waals surface area contributed by atoms with Crippen LogP contribution in [0.1, 0.15) is 20.9 Å². The van der Waals surface area contributed by atoms with Gasteiger partial charge in [-0.15, -0.1) is 11.3 Å². The van der Waals surface area contributed by atoms with Crippen molar-refractivity contribution in [3.05, 3.63) is 40.1 Å². The summed E-state index contributed by atoms with van der Waals surface area (Å²) in [4.78, 5) is 16.8. The number of carbonyl (C=O) groups excluding carboxylic acids is 1. The molecule has 5 nitrogen and oxygen atoms in total. The van der Waals surface area contributed by atoms with Crippen LogP contribution in [0.3, 0.4) is 0 Å². The predicted molar refractivity (Wildman–Crippen MR) is 72.7 cm³/mol. The third kappa shape index (κ3) is 3.44. The lowest BCUT2D eigenvalue weighted by Crippen LogP contribution is -2.24. The fourth-order valence-corrected chi connectivity index (χ4v) is 2.27. The van der Waals surface area contributed by atoms with Crippen molar-refractivity contribution in [2.45, 2.75) is 6.54 Å². The zero-order valence-electron chi connectivity index (χ0n) is 10.4. The highest BCUT2D eigenvalue weighted by Crippen LogP contribution is 2.13. The van der Waals surface area contributed by atoms with E-state index in [0.29, 0.717) is 12.2 Å². The van der Waals surface area contributed by atoms with E-state index in [0.717, 1.165) is 10.4 Å². The van der Waals surface area contributed by atoms with Crippen molar-refractivity contribution >= 4 is 17.2 Å². The van der Waals surface area contributed by atoms with E-state index >= 15 is 0 Å². The molecule has 0 aliphatic heterocycles. The van der Waals surface area contributed by atoms with Gasteiger partial charge in [-0.05, 0) is 6.07 Å². The first-order chi connectivity index (χ1) is 9.20. The number of aromatic nitrogens is 2. The first-order valence-corrected chi connectivity index (χ1v) is 6.50. The highest BCUT2D eigenvalue weighted by Gasteiger charge is 2.09. The molecule has 98 valence electrons. The molecule has 0 spiro atoms. The van der Waals surface area contributed by atoms with Gasteiger partial charge in [0.15, 0.2) is 0 Å². The van der Waals surface area contributed by atoms with Gasteiger partial charge < -0.3 is 15.0 Å². The number of hydrogen-bond acceptors (Lipinski definition) is 4. The fourth-order valence-electron chi connectivity index (χ4n) is 1.51. The van der Waals surface area contributed by atoms with Crippen molar-refractivity contribution in [3.63, 3.8) is 0 Å². The number of carbonyl (C=O) groups is 1. The summed E-state index contributed by atoms with van der Waals surface area (Å²) in [5.41, 5.74) is 1.38. The van der Waals surface area contributed by atoms with E-state index in [2.05, 4.69) is 22.1 Å². The first-order valence-electron chi connectivity index (χ1n) is 5.62. The zero-order valence-corrected chi connectivity index (χ0v) is 11.2. The van der Waals surface area contributed by atoms with Gasteiger partial charge in [0.25, 0.3) is 5.91 Å². The lowest BCUT2D eigenvalue weighted by atomic mass is 10.3.